The van der Waals surface area contributed by atoms with Gasteiger partial charge >= 0.3 is 11.9 Å². The Hall–Kier alpha value is -1.65. The minimum absolute atomic E-state index is 0.181. The molecular weight excluding hydrogens is 893 g/mol. The van der Waals surface area contributed by atoms with Crippen LogP contribution in [0.2, 0.25) is 0 Å². The van der Waals surface area contributed by atoms with Crippen molar-refractivity contribution in [2.45, 2.75) is 238 Å². The molecule has 0 aliphatic heterocycles. The zero-order valence-electron chi connectivity index (χ0n) is 44.6. The standard InChI is InChI=1S/C19H38OS.2C5H10O4.4C5H12O2/c1-2-3-4-5-6-7-8-9-10-11-12-13-14-15-16-17-18-19(20)21;2*1-5(2-6,3-7)4(8)9;4*1-5(2,3)4(6)7/h2-18H2,1H3,(H,20,21);2*6-7H,2-3H2,1H3,(H,8,9);4*4,6-7H,1-3H3. The van der Waals surface area contributed by atoms with Gasteiger partial charge in [0.2, 0.25) is 0 Å². The molecule has 0 aromatic heterocycles. The van der Waals surface area contributed by atoms with E-state index < -0.39 is 74.4 Å². The molecule has 0 atom stereocenters. The molecule has 0 unspecified atom stereocenters. The normalized spacial score (nSPS) is 11.9. The molecule has 0 fully saturated rings. The highest BCUT2D eigenvalue weighted by atomic mass is 32.1. The summed E-state index contributed by atoms with van der Waals surface area (Å²) in [6.45, 7) is 23.8. The molecule has 0 saturated carbocycles. The lowest BCUT2D eigenvalue weighted by molar-refractivity contribution is -0.154. The Kier molecular flexibility index (Phi) is 52.6. The topological polar surface area (TPSA) is 338 Å². The SMILES string of the molecule is CC(C)(C)C(O)O.CC(C)(C)C(O)O.CC(C)(C)C(O)O.CC(C)(C)C(O)O.CC(CO)(CO)C(=O)O.CC(CO)(CO)C(=O)O.CCCCCCCCCCCCCCCCCCC(O)=S. The van der Waals surface area contributed by atoms with Gasteiger partial charge in [-0.1, -0.05) is 186 Å². The second-order valence-corrected chi connectivity index (χ2v) is 22.2. The third-order valence-corrected chi connectivity index (χ3v) is 9.98. The molecule has 410 valence electrons. The Labute approximate surface area is 411 Å². The molecule has 0 saturated heterocycles. The van der Waals surface area contributed by atoms with Crippen LogP contribution in [0, 0.1) is 32.5 Å². The van der Waals surface area contributed by atoms with Crippen LogP contribution in [0.4, 0.5) is 0 Å². The number of aliphatic hydroxyl groups excluding tert-OH is 9. The van der Waals surface area contributed by atoms with Gasteiger partial charge in [0.15, 0.2) is 30.2 Å². The molecule has 0 radical (unpaired) electrons. The molecule has 0 heterocycles. The number of carboxylic acids is 2. The van der Waals surface area contributed by atoms with Crippen molar-refractivity contribution in [1.29, 1.82) is 0 Å². The van der Waals surface area contributed by atoms with Crippen molar-refractivity contribution in [2.75, 3.05) is 26.4 Å². The van der Waals surface area contributed by atoms with E-state index in [0.717, 1.165) is 6.42 Å². The lowest BCUT2D eigenvalue weighted by Gasteiger charge is -2.19. The van der Waals surface area contributed by atoms with Gasteiger partial charge in [-0.05, 0) is 32.5 Å². The fourth-order valence-electron chi connectivity index (χ4n) is 3.19. The van der Waals surface area contributed by atoms with Crippen LogP contribution in [0.1, 0.15) is 213 Å². The Morgan fingerprint density at radius 3 is 0.597 bits per heavy atom. The van der Waals surface area contributed by atoms with Gasteiger partial charge < -0.3 is 76.6 Å². The fraction of sp³-hybridized carbons (Fsp3) is 0.939. The first kappa shape index (κ1) is 79.5. The Morgan fingerprint density at radius 2 is 0.507 bits per heavy atom. The fourth-order valence-corrected chi connectivity index (χ4v) is 3.34. The Bertz CT molecular complexity index is 1010. The van der Waals surface area contributed by atoms with Crippen LogP contribution in [-0.2, 0) is 9.59 Å². The quantitative estimate of drug-likeness (QED) is 0.0278. The zero-order valence-corrected chi connectivity index (χ0v) is 45.4. The van der Waals surface area contributed by atoms with E-state index in [1.807, 2.05) is 0 Å². The Morgan fingerprint density at radius 1 is 0.358 bits per heavy atom. The van der Waals surface area contributed by atoms with E-state index in [4.69, 9.17) is 76.6 Å². The molecule has 0 bridgehead atoms. The van der Waals surface area contributed by atoms with Crippen LogP contribution in [0.5, 0.6) is 0 Å². The predicted octanol–water partition coefficient (Wildman–Crippen LogP) is 7.02. The maximum atomic E-state index is 10.2. The molecule has 0 aromatic carbocycles. The van der Waals surface area contributed by atoms with Crippen molar-refractivity contribution in [3.8, 4) is 0 Å². The minimum atomic E-state index is -1.39. The number of hydrogen-bond acceptors (Lipinski definition) is 15. The summed E-state index contributed by atoms with van der Waals surface area (Å²) in [6, 6.07) is 0. The van der Waals surface area contributed by atoms with Crippen LogP contribution >= 0.6 is 12.2 Å². The smallest absolute Gasteiger partial charge is 0.314 e. The first-order valence-electron chi connectivity index (χ1n) is 23.7. The van der Waals surface area contributed by atoms with Gasteiger partial charge in [-0.25, -0.2) is 0 Å². The summed E-state index contributed by atoms with van der Waals surface area (Å²) in [5.41, 5.74) is -4.33. The summed E-state index contributed by atoms with van der Waals surface area (Å²) in [6.07, 6.45) is 18.0. The highest BCUT2D eigenvalue weighted by Gasteiger charge is 2.32. The lowest BCUT2D eigenvalue weighted by Crippen LogP contribution is -2.35. The van der Waals surface area contributed by atoms with Crippen LogP contribution in [-0.4, -0.2) is 145 Å². The summed E-state index contributed by atoms with van der Waals surface area (Å²) in [5, 5.41) is 127. The number of aliphatic hydroxyl groups is 13. The van der Waals surface area contributed by atoms with Crippen LogP contribution < -0.4 is 0 Å². The number of rotatable bonds is 23. The van der Waals surface area contributed by atoms with Crippen molar-refractivity contribution in [3.05, 3.63) is 0 Å². The van der Waals surface area contributed by atoms with Crippen molar-refractivity contribution in [3.63, 3.8) is 0 Å². The van der Waals surface area contributed by atoms with Crippen LogP contribution in [0.25, 0.3) is 0 Å². The van der Waals surface area contributed by atoms with Gasteiger partial charge in [-0.2, -0.15) is 0 Å². The average Bonchev–Trinajstić information content (AvgIpc) is 3.19. The summed E-state index contributed by atoms with van der Waals surface area (Å²) in [7, 11) is 0. The maximum absolute atomic E-state index is 10.2. The number of carbonyl (C=O) groups is 2. The number of unbranched alkanes of at least 4 members (excludes halogenated alkanes) is 15. The van der Waals surface area contributed by atoms with E-state index in [1.165, 1.54) is 110 Å². The average molecular weight is 999 g/mol. The molecule has 15 N–H and O–H groups in total. The monoisotopic (exact) mass is 999 g/mol. The molecule has 0 spiro atoms. The van der Waals surface area contributed by atoms with E-state index in [9.17, 15) is 9.59 Å². The summed E-state index contributed by atoms with van der Waals surface area (Å²) < 4.78 is 0. The summed E-state index contributed by atoms with van der Waals surface area (Å²) in [4.78, 5) is 20.3. The zero-order chi connectivity index (χ0) is 54.9. The highest BCUT2D eigenvalue weighted by Crippen LogP contribution is 2.19. The first-order valence-corrected chi connectivity index (χ1v) is 24.2. The molecule has 18 heteroatoms. The van der Waals surface area contributed by atoms with Crippen molar-refractivity contribution in [2.24, 2.45) is 32.5 Å². The first-order chi connectivity index (χ1) is 30.2. The molecule has 17 nitrogen and oxygen atoms in total. The van der Waals surface area contributed by atoms with Crippen molar-refractivity contribution < 1.29 is 86.2 Å². The van der Waals surface area contributed by atoms with Gasteiger partial charge in [-0.3, -0.25) is 9.59 Å². The van der Waals surface area contributed by atoms with Crippen molar-refractivity contribution in [1.82, 2.24) is 0 Å². The third kappa shape index (κ3) is 60.4. The molecule has 0 aliphatic carbocycles. The van der Waals surface area contributed by atoms with Gasteiger partial charge in [0.05, 0.1) is 26.4 Å². The van der Waals surface area contributed by atoms with Gasteiger partial charge in [0.25, 0.3) is 0 Å². The largest absolute Gasteiger partial charge is 0.502 e. The Balaban J connectivity index is -0.000000133. The van der Waals surface area contributed by atoms with Gasteiger partial charge in [0, 0.05) is 28.1 Å². The maximum Gasteiger partial charge on any atom is 0.314 e. The second-order valence-electron chi connectivity index (χ2n) is 21.8. The van der Waals surface area contributed by atoms with E-state index in [2.05, 4.69) is 19.1 Å². The van der Waals surface area contributed by atoms with Crippen LogP contribution in [0.3, 0.4) is 0 Å². The minimum Gasteiger partial charge on any atom is -0.502 e. The molecule has 0 amide bonds. The van der Waals surface area contributed by atoms with E-state index in [0.29, 0.717) is 6.42 Å². The van der Waals surface area contributed by atoms with Gasteiger partial charge in [-0.15, -0.1) is 0 Å². The van der Waals surface area contributed by atoms with Gasteiger partial charge in [0.1, 0.15) is 10.8 Å². The van der Waals surface area contributed by atoms with E-state index >= 15 is 0 Å². The van der Waals surface area contributed by atoms with E-state index in [-0.39, 0.29) is 26.7 Å². The molecule has 0 aromatic rings. The highest BCUT2D eigenvalue weighted by molar-refractivity contribution is 7.80. The number of aliphatic carboxylic acids is 2. The summed E-state index contributed by atoms with van der Waals surface area (Å²) >= 11 is 4.66. The predicted molar refractivity (Wildman–Crippen MR) is 270 cm³/mol. The van der Waals surface area contributed by atoms with Crippen molar-refractivity contribution >= 4 is 29.2 Å². The molecule has 0 rings (SSSR count). The van der Waals surface area contributed by atoms with Crippen LogP contribution in [0.15, 0.2) is 0 Å². The molecular formula is C49H106O17S. The molecule has 0 aliphatic rings. The lowest BCUT2D eigenvalue weighted by atomic mass is 9.94. The third-order valence-electron chi connectivity index (χ3n) is 9.77. The number of hydrogen-bond donors (Lipinski definition) is 15. The summed E-state index contributed by atoms with van der Waals surface area (Å²) in [5.74, 6) is -2.37. The number of thiocarbonyl (C=S) groups is 1. The second kappa shape index (κ2) is 44.3. The molecule has 67 heavy (non-hydrogen) atoms. The van der Waals surface area contributed by atoms with E-state index in [1.54, 1.807) is 83.1 Å². The number of carboxylic acid groups (broad SMARTS) is 2.